The van der Waals surface area contributed by atoms with Gasteiger partial charge in [-0.3, -0.25) is 4.90 Å². The Labute approximate surface area is 516 Å². The fraction of sp³-hybridized carbons (Fsp3) is 1.00. The predicted molar refractivity (Wildman–Crippen MR) is 357 cm³/mol. The minimum Gasteiger partial charge on any atom is -0.314 e. The Kier molecular flexibility index (Phi) is 25.6. The average molecular weight is 1160 g/mol. The maximum atomic E-state index is 3.58. The van der Waals surface area contributed by atoms with E-state index in [0.29, 0.717) is 0 Å². The molecule has 2 N–H and O–H groups in total. The van der Waals surface area contributed by atoms with E-state index < -0.39 is 0 Å². The number of fused-ring (bicyclic) bond motifs is 15. The third-order valence-corrected chi connectivity index (χ3v) is 26.7. The standard InChI is InChI=1S/C9H15N.C9H17N.2C8H15N.2C7H14N2.3C7H13N.3CH4/c1-10-6-8-3-2-4-9(8,5-8)7-10;1-10-8-4-2-5-9(10)7-3-6-8;1-9-5-7-3-2-4-8(7)6-9;1-9-7-3-2-4-8(9)6-5-7;1-9-4-6-2-3-7(5-9)8-6;1-9-6-2-3-7(9)5-8-4-6;2*1-8-5-6-2-3-7(8)4-6;1-8-6-2-3-7(8)5-4-6;;;/h2-7H2,1H3;8-9H,2-7H2,1H3;2*7-8H,2-6H2,1H3;2*6-8H,2-5H2,1H3;3*6-7H,2-5H2,1H3;3*1H4. The van der Waals surface area contributed by atoms with Gasteiger partial charge in [-0.2, -0.15) is 0 Å². The lowest BCUT2D eigenvalue weighted by Crippen LogP contribution is -2.49. The van der Waals surface area contributed by atoms with E-state index in [4.69, 9.17) is 0 Å². The molecule has 11 heteroatoms. The molecule has 0 radical (unpaired) electrons. The van der Waals surface area contributed by atoms with Crippen LogP contribution in [0, 0.1) is 34.5 Å². The van der Waals surface area contributed by atoms with E-state index in [9.17, 15) is 0 Å². The van der Waals surface area contributed by atoms with Gasteiger partial charge in [-0.15, -0.1) is 0 Å². The highest BCUT2D eigenvalue weighted by molar-refractivity contribution is 5.23. The zero-order chi connectivity index (χ0) is 55.5. The summed E-state index contributed by atoms with van der Waals surface area (Å²) in [6.07, 6.45) is 47.4. The summed E-state index contributed by atoms with van der Waals surface area (Å²) in [6.45, 7) is 13.3. The quantitative estimate of drug-likeness (QED) is 0.244. The van der Waals surface area contributed by atoms with E-state index in [0.717, 1.165) is 107 Å². The molecule has 484 valence electrons. The predicted octanol–water partition coefficient (Wildman–Crippen LogP) is 12.0. The Hall–Kier alpha value is -0.440. The average Bonchev–Trinajstić information content (AvgIpc) is 2.39. The van der Waals surface area contributed by atoms with Crippen LogP contribution in [0.3, 0.4) is 0 Å². The van der Waals surface area contributed by atoms with E-state index in [1.165, 1.54) is 264 Å². The van der Waals surface area contributed by atoms with Crippen molar-refractivity contribution in [1.82, 2.24) is 54.7 Å². The summed E-state index contributed by atoms with van der Waals surface area (Å²) in [5.74, 6) is 4.31. The molecule has 5 aliphatic carbocycles. The lowest BCUT2D eigenvalue weighted by atomic mass is 9.85. The van der Waals surface area contributed by atoms with Crippen molar-refractivity contribution in [3.63, 3.8) is 0 Å². The number of hydrogen-bond acceptors (Lipinski definition) is 11. The summed E-state index contributed by atoms with van der Waals surface area (Å²) >= 11 is 0. The molecule has 19 fully saturated rings. The number of piperidine rings is 6. The highest BCUT2D eigenvalue weighted by Crippen LogP contribution is 2.76. The fourth-order valence-electron chi connectivity index (χ4n) is 21.7. The van der Waals surface area contributed by atoms with Crippen LogP contribution in [0.15, 0.2) is 0 Å². The largest absolute Gasteiger partial charge is 0.314 e. The molecule has 14 saturated heterocycles. The summed E-state index contributed by atoms with van der Waals surface area (Å²) in [4.78, 5) is 22.7. The lowest BCUT2D eigenvalue weighted by Gasteiger charge is -2.43. The number of rotatable bonds is 0. The SMILES string of the molecule is C.C.C.CN1C2CCC1CC2.CN1C2CCC1CNC2.CN1C2CCCC1CC2.CN1C2CCCC1CCC2.CN1CC23CCCC2(C1)C3.CN1CC2CCC(C1)N2.CN1CC2CCC1C2.CN1CC2CCC1C2.CN1CC2CCCC2C1. The molecule has 14 bridgehead atoms. The van der Waals surface area contributed by atoms with Crippen LogP contribution in [-0.4, -0.2) is 245 Å². The second-order valence-electron chi connectivity index (χ2n) is 32.0. The molecule has 14 heterocycles. The van der Waals surface area contributed by atoms with Crippen LogP contribution in [0.5, 0.6) is 0 Å². The third kappa shape index (κ3) is 16.8. The summed E-state index contributed by atoms with van der Waals surface area (Å²) in [6, 6.07) is 11.0. The minimum atomic E-state index is 0. The number of nitrogens with zero attached hydrogens (tertiary/aromatic N) is 9. The van der Waals surface area contributed by atoms with Gasteiger partial charge in [0.15, 0.2) is 0 Å². The lowest BCUT2D eigenvalue weighted by molar-refractivity contribution is 0.0673. The van der Waals surface area contributed by atoms with Crippen LogP contribution in [0.1, 0.15) is 228 Å². The highest BCUT2D eigenvalue weighted by atomic mass is 15.3. The number of piperazine rings is 2. The molecule has 0 aromatic carbocycles. The van der Waals surface area contributed by atoms with Gasteiger partial charge in [0.1, 0.15) is 0 Å². The van der Waals surface area contributed by atoms with Gasteiger partial charge in [-0.05, 0) is 271 Å². The van der Waals surface area contributed by atoms with Gasteiger partial charge in [0.2, 0.25) is 0 Å². The van der Waals surface area contributed by atoms with Crippen molar-refractivity contribution >= 4 is 0 Å². The van der Waals surface area contributed by atoms with Crippen molar-refractivity contribution in [2.45, 2.75) is 300 Å². The minimum absolute atomic E-state index is 0. The second kappa shape index (κ2) is 31.1. The van der Waals surface area contributed by atoms with Crippen molar-refractivity contribution in [2.75, 3.05) is 129 Å². The van der Waals surface area contributed by atoms with E-state index in [2.05, 4.69) is 118 Å². The Bertz CT molecular complexity index is 1710. The van der Waals surface area contributed by atoms with E-state index in [-0.39, 0.29) is 22.3 Å². The second-order valence-corrected chi connectivity index (χ2v) is 32.0. The van der Waals surface area contributed by atoms with Gasteiger partial charge < -0.3 is 49.8 Å². The van der Waals surface area contributed by atoms with Crippen LogP contribution in [0.2, 0.25) is 0 Å². The van der Waals surface area contributed by atoms with Crippen molar-refractivity contribution < 1.29 is 0 Å². The summed E-state index contributed by atoms with van der Waals surface area (Å²) < 4.78 is 0. The van der Waals surface area contributed by atoms with Crippen molar-refractivity contribution in [3.8, 4) is 0 Å². The van der Waals surface area contributed by atoms with E-state index in [1.54, 1.807) is 6.42 Å². The molecular formula is C72H141N11. The maximum Gasteiger partial charge on any atom is 0.0221 e. The molecule has 14 aliphatic heterocycles. The van der Waals surface area contributed by atoms with Gasteiger partial charge in [-0.1, -0.05) is 54.4 Å². The van der Waals surface area contributed by atoms with Gasteiger partial charge in [0, 0.05) is 138 Å². The number of likely N-dealkylation sites (N-methyl/N-ethyl adjacent to an activating group) is 2. The molecule has 19 rings (SSSR count). The Morgan fingerprint density at radius 2 is 0.651 bits per heavy atom. The zero-order valence-corrected chi connectivity index (χ0v) is 54.0. The Morgan fingerprint density at radius 1 is 0.313 bits per heavy atom. The first-order valence-corrected chi connectivity index (χ1v) is 35.5. The van der Waals surface area contributed by atoms with Crippen LogP contribution in [-0.2, 0) is 0 Å². The maximum absolute atomic E-state index is 3.58. The molecule has 11 nitrogen and oxygen atoms in total. The van der Waals surface area contributed by atoms with Gasteiger partial charge >= 0.3 is 0 Å². The Balaban J connectivity index is 0.000000122. The number of nitrogens with one attached hydrogen (secondary N) is 2. The molecule has 83 heavy (non-hydrogen) atoms. The molecular weight excluding hydrogens is 1020 g/mol. The number of likely N-dealkylation sites (tertiary alicyclic amines) is 5. The van der Waals surface area contributed by atoms with Crippen molar-refractivity contribution in [2.24, 2.45) is 34.5 Å². The van der Waals surface area contributed by atoms with Crippen molar-refractivity contribution in [3.05, 3.63) is 0 Å². The van der Waals surface area contributed by atoms with Gasteiger partial charge in [0.05, 0.1) is 0 Å². The summed E-state index contributed by atoms with van der Waals surface area (Å²) in [7, 11) is 20.4. The highest BCUT2D eigenvalue weighted by Gasteiger charge is 2.72. The molecule has 5 saturated carbocycles. The van der Waals surface area contributed by atoms with Gasteiger partial charge in [0.25, 0.3) is 0 Å². The molecule has 19 aliphatic rings. The molecule has 0 aromatic heterocycles. The smallest absolute Gasteiger partial charge is 0.0221 e. The molecule has 0 amide bonds. The first-order chi connectivity index (χ1) is 38.7. The molecule has 0 aromatic rings. The van der Waals surface area contributed by atoms with Crippen LogP contribution in [0.25, 0.3) is 0 Å². The van der Waals surface area contributed by atoms with Crippen molar-refractivity contribution in [1.29, 1.82) is 0 Å². The molecule has 0 spiro atoms. The van der Waals surface area contributed by atoms with Crippen LogP contribution in [0.4, 0.5) is 0 Å². The monoisotopic (exact) mass is 1160 g/mol. The summed E-state index contributed by atoms with van der Waals surface area (Å²) in [5, 5.41) is 7.01. The Morgan fingerprint density at radius 3 is 0.976 bits per heavy atom. The van der Waals surface area contributed by atoms with E-state index in [1.807, 2.05) is 0 Å². The number of hydrogen-bond donors (Lipinski definition) is 2. The first kappa shape index (κ1) is 68.5. The first-order valence-electron chi connectivity index (χ1n) is 35.5. The topological polar surface area (TPSA) is 53.2 Å². The third-order valence-electron chi connectivity index (χ3n) is 26.7. The summed E-state index contributed by atoms with van der Waals surface area (Å²) in [5.41, 5.74) is 1.70. The van der Waals surface area contributed by atoms with Crippen LogP contribution >= 0.6 is 0 Å². The molecule has 14 unspecified atom stereocenters. The zero-order valence-electron chi connectivity index (χ0n) is 54.0. The molecule has 14 atom stereocenters. The van der Waals surface area contributed by atoms with E-state index >= 15 is 0 Å². The van der Waals surface area contributed by atoms with Gasteiger partial charge in [-0.25, -0.2) is 0 Å². The van der Waals surface area contributed by atoms with Crippen LogP contribution < -0.4 is 10.6 Å². The normalized spacial score (nSPS) is 44.3. The fourth-order valence-corrected chi connectivity index (χ4v) is 21.7.